The monoisotopic (exact) mass is 374 g/mol. The van der Waals surface area contributed by atoms with Crippen LogP contribution in [0.3, 0.4) is 0 Å². The van der Waals surface area contributed by atoms with Crippen molar-refractivity contribution in [3.05, 3.63) is 53.7 Å². The Morgan fingerprint density at radius 2 is 2.08 bits per heavy atom. The number of hydrogen-bond donors (Lipinski definition) is 1. The van der Waals surface area contributed by atoms with E-state index in [1.807, 2.05) is 24.3 Å². The predicted molar refractivity (Wildman–Crippen MR) is 102 cm³/mol. The van der Waals surface area contributed by atoms with E-state index in [0.717, 1.165) is 5.56 Å². The molecule has 1 fully saturated rings. The molecule has 0 aliphatic carbocycles. The highest BCUT2D eigenvalue weighted by atomic mass is 32.2. The molecule has 0 spiro atoms. The summed E-state index contributed by atoms with van der Waals surface area (Å²) in [5.41, 5.74) is 2.18. The smallest absolute Gasteiger partial charge is 0.254 e. The molecule has 0 saturated carbocycles. The van der Waals surface area contributed by atoms with Gasteiger partial charge in [0.25, 0.3) is 5.91 Å². The third-order valence-corrected chi connectivity index (χ3v) is 6.06. The molecule has 1 aliphatic rings. The minimum atomic E-state index is -3.18. The van der Waals surface area contributed by atoms with Crippen molar-refractivity contribution >= 4 is 27.4 Å². The number of sulfonamides is 1. The maximum atomic E-state index is 12.1. The summed E-state index contributed by atoms with van der Waals surface area (Å²) in [6, 6.07) is 11.0. The fourth-order valence-electron chi connectivity index (χ4n) is 2.83. The standard InChI is InChI=1S/C18H22N4O3S/c1-21(2)18(23)15-7-8-17(20-13-15)19-12-14-5-3-6-16(11-14)22-9-4-10-26(22,24)25/h3,5-8,11,13H,4,9-10,12H2,1-2H3,(H,19,20). The SMILES string of the molecule is CN(C)C(=O)c1ccc(NCc2cccc(N3CCCS3(=O)=O)c2)nc1. The number of nitrogens with one attached hydrogen (secondary N) is 1. The molecule has 1 amide bonds. The van der Waals surface area contributed by atoms with Gasteiger partial charge in [-0.2, -0.15) is 0 Å². The number of hydrogen-bond acceptors (Lipinski definition) is 5. The summed E-state index contributed by atoms with van der Waals surface area (Å²) in [6.07, 6.45) is 2.20. The molecule has 0 atom stereocenters. The van der Waals surface area contributed by atoms with E-state index in [0.29, 0.717) is 36.6 Å². The molecule has 0 bridgehead atoms. The van der Waals surface area contributed by atoms with Gasteiger partial charge in [0.2, 0.25) is 10.0 Å². The zero-order chi connectivity index (χ0) is 18.7. The van der Waals surface area contributed by atoms with Gasteiger partial charge in [0, 0.05) is 33.4 Å². The number of nitrogens with zero attached hydrogens (tertiary/aromatic N) is 3. The van der Waals surface area contributed by atoms with Crippen molar-refractivity contribution in [2.24, 2.45) is 0 Å². The zero-order valence-corrected chi connectivity index (χ0v) is 15.7. The molecule has 1 aliphatic heterocycles. The van der Waals surface area contributed by atoms with Crippen molar-refractivity contribution in [1.29, 1.82) is 0 Å². The first-order valence-corrected chi connectivity index (χ1v) is 9.99. The van der Waals surface area contributed by atoms with E-state index in [4.69, 9.17) is 0 Å². The van der Waals surface area contributed by atoms with Crippen LogP contribution in [0.2, 0.25) is 0 Å². The fraction of sp³-hybridized carbons (Fsp3) is 0.333. The van der Waals surface area contributed by atoms with E-state index in [-0.39, 0.29) is 11.7 Å². The molecule has 1 N–H and O–H groups in total. The van der Waals surface area contributed by atoms with Crippen LogP contribution in [0.1, 0.15) is 22.3 Å². The van der Waals surface area contributed by atoms with Gasteiger partial charge in [-0.25, -0.2) is 13.4 Å². The lowest BCUT2D eigenvalue weighted by Gasteiger charge is -2.18. The van der Waals surface area contributed by atoms with Gasteiger partial charge in [0.15, 0.2) is 0 Å². The Morgan fingerprint density at radius 1 is 1.27 bits per heavy atom. The topological polar surface area (TPSA) is 82.6 Å². The normalized spacial score (nSPS) is 15.7. The number of aromatic nitrogens is 1. The van der Waals surface area contributed by atoms with E-state index in [2.05, 4.69) is 10.3 Å². The zero-order valence-electron chi connectivity index (χ0n) is 14.8. The molecule has 2 heterocycles. The highest BCUT2D eigenvalue weighted by molar-refractivity contribution is 7.93. The van der Waals surface area contributed by atoms with Gasteiger partial charge in [0.05, 0.1) is 17.0 Å². The Morgan fingerprint density at radius 3 is 2.69 bits per heavy atom. The summed E-state index contributed by atoms with van der Waals surface area (Å²) in [5, 5.41) is 3.19. The first kappa shape index (κ1) is 18.2. The van der Waals surface area contributed by atoms with E-state index in [1.165, 1.54) is 15.4 Å². The minimum Gasteiger partial charge on any atom is -0.366 e. The first-order valence-electron chi connectivity index (χ1n) is 8.38. The third-order valence-electron chi connectivity index (χ3n) is 4.19. The summed E-state index contributed by atoms with van der Waals surface area (Å²) in [7, 11) is 0.214. The summed E-state index contributed by atoms with van der Waals surface area (Å²) in [5.74, 6) is 0.764. The van der Waals surface area contributed by atoms with Crippen molar-refractivity contribution in [3.8, 4) is 0 Å². The van der Waals surface area contributed by atoms with Crippen LogP contribution in [0, 0.1) is 0 Å². The van der Waals surface area contributed by atoms with Crippen molar-refractivity contribution in [3.63, 3.8) is 0 Å². The van der Waals surface area contributed by atoms with Crippen molar-refractivity contribution in [2.45, 2.75) is 13.0 Å². The number of amides is 1. The van der Waals surface area contributed by atoms with Crippen LogP contribution in [0.25, 0.3) is 0 Å². The quantitative estimate of drug-likeness (QED) is 0.865. The summed E-state index contributed by atoms with van der Waals surface area (Å²) < 4.78 is 25.6. The average molecular weight is 374 g/mol. The Balaban J connectivity index is 1.67. The van der Waals surface area contributed by atoms with Crippen LogP contribution in [-0.4, -0.2) is 50.6 Å². The molecule has 0 unspecified atom stereocenters. The summed E-state index contributed by atoms with van der Waals surface area (Å²) in [6.45, 7) is 1.04. The number of benzene rings is 1. The number of pyridine rings is 1. The first-order chi connectivity index (χ1) is 12.4. The number of anilines is 2. The lowest BCUT2D eigenvalue weighted by Crippen LogP contribution is -2.25. The van der Waals surface area contributed by atoms with E-state index < -0.39 is 10.0 Å². The summed E-state index contributed by atoms with van der Waals surface area (Å²) >= 11 is 0. The van der Waals surface area contributed by atoms with Gasteiger partial charge >= 0.3 is 0 Å². The van der Waals surface area contributed by atoms with Crippen LogP contribution < -0.4 is 9.62 Å². The molecule has 1 aromatic heterocycles. The molecular weight excluding hydrogens is 352 g/mol. The molecule has 138 valence electrons. The van der Waals surface area contributed by atoms with Crippen LogP contribution in [0.15, 0.2) is 42.6 Å². The number of rotatable bonds is 5. The average Bonchev–Trinajstić information content (AvgIpc) is 2.99. The Kier molecular flexibility index (Phi) is 5.13. The van der Waals surface area contributed by atoms with Gasteiger partial charge in [-0.3, -0.25) is 9.10 Å². The van der Waals surface area contributed by atoms with Crippen molar-refractivity contribution in [1.82, 2.24) is 9.88 Å². The largest absolute Gasteiger partial charge is 0.366 e. The molecule has 26 heavy (non-hydrogen) atoms. The maximum Gasteiger partial charge on any atom is 0.254 e. The van der Waals surface area contributed by atoms with E-state index in [9.17, 15) is 13.2 Å². The van der Waals surface area contributed by atoms with Crippen LogP contribution in [-0.2, 0) is 16.6 Å². The van der Waals surface area contributed by atoms with Crippen molar-refractivity contribution in [2.75, 3.05) is 36.0 Å². The molecule has 3 rings (SSSR count). The molecule has 8 heteroatoms. The predicted octanol–water partition coefficient (Wildman–Crippen LogP) is 1.94. The highest BCUT2D eigenvalue weighted by Crippen LogP contribution is 2.25. The Labute approximate surface area is 153 Å². The third kappa shape index (κ3) is 3.96. The van der Waals surface area contributed by atoms with Gasteiger partial charge < -0.3 is 10.2 Å². The highest BCUT2D eigenvalue weighted by Gasteiger charge is 2.28. The molecule has 7 nitrogen and oxygen atoms in total. The van der Waals surface area contributed by atoms with Gasteiger partial charge in [-0.15, -0.1) is 0 Å². The number of carbonyl (C=O) groups excluding carboxylic acids is 1. The van der Waals surface area contributed by atoms with Crippen LogP contribution in [0.5, 0.6) is 0 Å². The Hall–Kier alpha value is -2.61. The van der Waals surface area contributed by atoms with Crippen LogP contribution in [0.4, 0.5) is 11.5 Å². The molecule has 1 aromatic carbocycles. The lowest BCUT2D eigenvalue weighted by atomic mass is 10.2. The molecule has 1 saturated heterocycles. The molecular formula is C18H22N4O3S. The second-order valence-electron chi connectivity index (χ2n) is 6.40. The van der Waals surface area contributed by atoms with E-state index in [1.54, 1.807) is 26.2 Å². The number of carbonyl (C=O) groups is 1. The van der Waals surface area contributed by atoms with Gasteiger partial charge in [0.1, 0.15) is 5.82 Å². The second kappa shape index (κ2) is 7.33. The molecule has 0 radical (unpaired) electrons. The molecule has 2 aromatic rings. The maximum absolute atomic E-state index is 12.1. The second-order valence-corrected chi connectivity index (χ2v) is 8.41. The minimum absolute atomic E-state index is 0.0939. The van der Waals surface area contributed by atoms with Crippen molar-refractivity contribution < 1.29 is 13.2 Å². The summed E-state index contributed by atoms with van der Waals surface area (Å²) in [4.78, 5) is 17.6. The Bertz CT molecular complexity index is 895. The lowest BCUT2D eigenvalue weighted by molar-refractivity contribution is 0.0827. The fourth-order valence-corrected chi connectivity index (χ4v) is 4.38. The van der Waals surface area contributed by atoms with Gasteiger partial charge in [-0.1, -0.05) is 12.1 Å². The van der Waals surface area contributed by atoms with Gasteiger partial charge in [-0.05, 0) is 36.2 Å². The van der Waals surface area contributed by atoms with E-state index >= 15 is 0 Å². The van der Waals surface area contributed by atoms with Crippen LogP contribution >= 0.6 is 0 Å².